The Morgan fingerprint density at radius 1 is 1.55 bits per heavy atom. The molecular weight excluding hydrogens is 144 g/mol. The molecule has 11 heavy (non-hydrogen) atoms. The van der Waals surface area contributed by atoms with Gasteiger partial charge in [0.25, 0.3) is 0 Å². The summed E-state index contributed by atoms with van der Waals surface area (Å²) in [6.07, 6.45) is 5.16. The van der Waals surface area contributed by atoms with Gasteiger partial charge in [-0.2, -0.15) is 0 Å². The molecule has 0 aromatic carbocycles. The van der Waals surface area contributed by atoms with Crippen LogP contribution in [0.25, 0.3) is 5.57 Å². The number of hydrogen-bond acceptors (Lipinski definition) is 4. The lowest BCUT2D eigenvalue weighted by atomic mass is 10.2. The lowest BCUT2D eigenvalue weighted by molar-refractivity contribution is -0.273. The highest BCUT2D eigenvalue weighted by Crippen LogP contribution is 2.03. The van der Waals surface area contributed by atoms with Crippen LogP contribution >= 0.6 is 0 Å². The summed E-state index contributed by atoms with van der Waals surface area (Å²) in [5, 5.41) is 10.2. The standard InChI is InChI=1S/C7H6N2O2/c10-4-6(5-11)7-3-8-1-2-9-7/h1-5,10H/p-1/b6-4+. The van der Waals surface area contributed by atoms with Gasteiger partial charge in [0.2, 0.25) is 0 Å². The maximum Gasteiger partial charge on any atom is 0.151 e. The second kappa shape index (κ2) is 3.46. The van der Waals surface area contributed by atoms with E-state index in [2.05, 4.69) is 9.97 Å². The van der Waals surface area contributed by atoms with Gasteiger partial charge in [-0.1, -0.05) is 0 Å². The molecule has 4 heteroatoms. The molecule has 0 spiro atoms. The average molecular weight is 149 g/mol. The van der Waals surface area contributed by atoms with Crippen LogP contribution in [0.4, 0.5) is 0 Å². The minimum atomic E-state index is 0.0121. The zero-order chi connectivity index (χ0) is 8.10. The Morgan fingerprint density at radius 3 is 2.82 bits per heavy atom. The first kappa shape index (κ1) is 7.40. The second-order valence-corrected chi connectivity index (χ2v) is 1.78. The van der Waals surface area contributed by atoms with Gasteiger partial charge in [0.05, 0.1) is 11.9 Å². The zero-order valence-electron chi connectivity index (χ0n) is 5.60. The minimum absolute atomic E-state index is 0.0121. The molecule has 0 atom stereocenters. The third-order valence-corrected chi connectivity index (χ3v) is 1.11. The number of nitrogens with zero attached hydrogens (tertiary/aromatic N) is 2. The molecular formula is C7H5N2O2-. The van der Waals surface area contributed by atoms with Crippen LogP contribution in [0.15, 0.2) is 24.9 Å². The monoisotopic (exact) mass is 149 g/mol. The second-order valence-electron chi connectivity index (χ2n) is 1.78. The Balaban J connectivity index is 3.01. The number of hydrogen-bond donors (Lipinski definition) is 0. The van der Waals surface area contributed by atoms with Gasteiger partial charge in [-0.15, -0.1) is 6.26 Å². The highest BCUT2D eigenvalue weighted by atomic mass is 16.2. The molecule has 1 aromatic rings. The van der Waals surface area contributed by atoms with Crippen LogP contribution in [0.2, 0.25) is 0 Å². The van der Waals surface area contributed by atoms with Crippen molar-refractivity contribution in [3.8, 4) is 0 Å². The van der Waals surface area contributed by atoms with Gasteiger partial charge in [0, 0.05) is 18.0 Å². The SMILES string of the molecule is O=C/C(=C\[O-])c1cnccn1. The lowest BCUT2D eigenvalue weighted by Gasteiger charge is -1.98. The Bertz CT molecular complexity index is 269. The van der Waals surface area contributed by atoms with Crippen molar-refractivity contribution in [2.45, 2.75) is 0 Å². The van der Waals surface area contributed by atoms with E-state index in [-0.39, 0.29) is 5.57 Å². The van der Waals surface area contributed by atoms with Gasteiger partial charge in [0.15, 0.2) is 6.29 Å². The first-order chi connectivity index (χ1) is 5.38. The van der Waals surface area contributed by atoms with E-state index in [9.17, 15) is 9.90 Å². The van der Waals surface area contributed by atoms with Crippen molar-refractivity contribution < 1.29 is 9.90 Å². The summed E-state index contributed by atoms with van der Waals surface area (Å²) in [4.78, 5) is 17.7. The van der Waals surface area contributed by atoms with Gasteiger partial charge < -0.3 is 5.11 Å². The normalized spacial score (nSPS) is 11.1. The number of carbonyl (C=O) groups is 1. The van der Waals surface area contributed by atoms with E-state index in [4.69, 9.17) is 0 Å². The summed E-state index contributed by atoms with van der Waals surface area (Å²) in [6, 6.07) is 0. The molecule has 0 saturated heterocycles. The van der Waals surface area contributed by atoms with Crippen molar-refractivity contribution in [1.82, 2.24) is 9.97 Å². The Labute approximate surface area is 63.2 Å². The van der Waals surface area contributed by atoms with Crippen LogP contribution in [0.3, 0.4) is 0 Å². The van der Waals surface area contributed by atoms with E-state index in [1.54, 1.807) is 0 Å². The largest absolute Gasteiger partial charge is 0.877 e. The molecule has 0 unspecified atom stereocenters. The van der Waals surface area contributed by atoms with E-state index in [0.29, 0.717) is 18.2 Å². The first-order valence-corrected chi connectivity index (χ1v) is 2.92. The summed E-state index contributed by atoms with van der Waals surface area (Å²) in [7, 11) is 0. The molecule has 0 amide bonds. The minimum Gasteiger partial charge on any atom is -0.877 e. The van der Waals surface area contributed by atoms with Crippen LogP contribution in [-0.4, -0.2) is 16.3 Å². The fraction of sp³-hybridized carbons (Fsp3) is 0. The summed E-state index contributed by atoms with van der Waals surface area (Å²) >= 11 is 0. The molecule has 0 aliphatic heterocycles. The third kappa shape index (κ3) is 1.61. The van der Waals surface area contributed by atoms with Gasteiger partial charge in [-0.3, -0.25) is 14.8 Å². The molecule has 4 nitrogen and oxygen atoms in total. The highest BCUT2D eigenvalue weighted by molar-refractivity contribution is 6.05. The number of aldehydes is 1. The smallest absolute Gasteiger partial charge is 0.151 e. The van der Waals surface area contributed by atoms with E-state index < -0.39 is 0 Å². The number of aromatic nitrogens is 2. The Hall–Kier alpha value is -1.71. The van der Waals surface area contributed by atoms with Gasteiger partial charge in [-0.25, -0.2) is 0 Å². The van der Waals surface area contributed by atoms with Gasteiger partial charge >= 0.3 is 0 Å². The molecule has 0 fully saturated rings. The molecule has 0 N–H and O–H groups in total. The Morgan fingerprint density at radius 2 is 2.36 bits per heavy atom. The molecule has 56 valence electrons. The van der Waals surface area contributed by atoms with Gasteiger partial charge in [0.1, 0.15) is 0 Å². The van der Waals surface area contributed by atoms with Crippen LogP contribution in [0, 0.1) is 0 Å². The van der Waals surface area contributed by atoms with Crippen LogP contribution in [0.5, 0.6) is 0 Å². The highest BCUT2D eigenvalue weighted by Gasteiger charge is 1.96. The molecule has 0 radical (unpaired) electrons. The third-order valence-electron chi connectivity index (χ3n) is 1.11. The van der Waals surface area contributed by atoms with Crippen molar-refractivity contribution >= 4 is 11.9 Å². The van der Waals surface area contributed by atoms with E-state index in [1.165, 1.54) is 18.6 Å². The Kier molecular flexibility index (Phi) is 2.32. The van der Waals surface area contributed by atoms with Crippen molar-refractivity contribution in [3.05, 3.63) is 30.5 Å². The topological polar surface area (TPSA) is 65.9 Å². The molecule has 1 heterocycles. The summed E-state index contributed by atoms with van der Waals surface area (Å²) in [5.41, 5.74) is 0.315. The summed E-state index contributed by atoms with van der Waals surface area (Å²) in [6.45, 7) is 0. The van der Waals surface area contributed by atoms with Crippen molar-refractivity contribution in [2.24, 2.45) is 0 Å². The van der Waals surface area contributed by atoms with Crippen molar-refractivity contribution in [1.29, 1.82) is 0 Å². The predicted octanol–water partition coefficient (Wildman–Crippen LogP) is -0.623. The zero-order valence-corrected chi connectivity index (χ0v) is 5.60. The molecule has 0 saturated carbocycles. The van der Waals surface area contributed by atoms with E-state index in [0.717, 1.165) is 0 Å². The van der Waals surface area contributed by atoms with Gasteiger partial charge in [-0.05, 0) is 0 Å². The fourth-order valence-corrected chi connectivity index (χ4v) is 0.597. The molecule has 1 rings (SSSR count). The first-order valence-electron chi connectivity index (χ1n) is 2.92. The van der Waals surface area contributed by atoms with Crippen molar-refractivity contribution in [3.63, 3.8) is 0 Å². The van der Waals surface area contributed by atoms with Crippen molar-refractivity contribution in [2.75, 3.05) is 0 Å². The van der Waals surface area contributed by atoms with Crippen LogP contribution in [0.1, 0.15) is 5.69 Å². The molecule has 1 aromatic heterocycles. The van der Waals surface area contributed by atoms with E-state index >= 15 is 0 Å². The molecule has 0 aliphatic carbocycles. The molecule has 0 bridgehead atoms. The van der Waals surface area contributed by atoms with Crippen LogP contribution in [-0.2, 0) is 4.79 Å². The number of carbonyl (C=O) groups excluding carboxylic acids is 1. The summed E-state index contributed by atoms with van der Waals surface area (Å²) in [5.74, 6) is 0. The maximum atomic E-state index is 10.2. The quantitative estimate of drug-likeness (QED) is 0.319. The fourth-order valence-electron chi connectivity index (χ4n) is 0.597. The summed E-state index contributed by atoms with van der Waals surface area (Å²) < 4.78 is 0. The van der Waals surface area contributed by atoms with Crippen LogP contribution < -0.4 is 5.11 Å². The lowest BCUT2D eigenvalue weighted by Crippen LogP contribution is -1.96. The van der Waals surface area contributed by atoms with E-state index in [1.807, 2.05) is 0 Å². The maximum absolute atomic E-state index is 10.2. The number of rotatable bonds is 2. The molecule has 0 aliphatic rings. The average Bonchev–Trinajstić information content (AvgIpc) is 2.09. The predicted molar refractivity (Wildman–Crippen MR) is 36.1 cm³/mol. The number of allylic oxidation sites excluding steroid dienone is 1.